The molecule has 2 heteroatoms. The van der Waals surface area contributed by atoms with Crippen molar-refractivity contribution in [1.29, 1.82) is 0 Å². The van der Waals surface area contributed by atoms with E-state index in [4.69, 9.17) is 6.42 Å². The molecule has 2 fully saturated rings. The first kappa shape index (κ1) is 12.9. The van der Waals surface area contributed by atoms with Crippen LogP contribution < -0.4 is 5.32 Å². The van der Waals surface area contributed by atoms with E-state index < -0.39 is 0 Å². The molecule has 1 saturated heterocycles. The van der Waals surface area contributed by atoms with Crippen LogP contribution >= 0.6 is 0 Å². The van der Waals surface area contributed by atoms with Gasteiger partial charge in [-0.1, -0.05) is 13.8 Å². The van der Waals surface area contributed by atoms with E-state index in [0.29, 0.717) is 24.0 Å². The first-order valence-electron chi connectivity index (χ1n) is 7.06. The van der Waals surface area contributed by atoms with Crippen LogP contribution in [0.1, 0.15) is 40.0 Å². The third kappa shape index (κ3) is 3.03. The highest BCUT2D eigenvalue weighted by atomic mass is 15.3. The van der Waals surface area contributed by atoms with Gasteiger partial charge in [0.2, 0.25) is 0 Å². The van der Waals surface area contributed by atoms with E-state index in [2.05, 4.69) is 36.9 Å². The molecule has 0 bridgehead atoms. The van der Waals surface area contributed by atoms with Crippen molar-refractivity contribution in [2.45, 2.75) is 58.2 Å². The minimum absolute atomic E-state index is 0.524. The number of hydrogen-bond donors (Lipinski definition) is 1. The van der Waals surface area contributed by atoms with Crippen molar-refractivity contribution >= 4 is 0 Å². The molecule has 0 aromatic carbocycles. The van der Waals surface area contributed by atoms with Crippen molar-refractivity contribution in [1.82, 2.24) is 10.2 Å². The van der Waals surface area contributed by atoms with Gasteiger partial charge in [0.05, 0.1) is 0 Å². The average Bonchev–Trinajstić information content (AvgIpc) is 3.12. The molecule has 1 aliphatic heterocycles. The van der Waals surface area contributed by atoms with Gasteiger partial charge in [0.15, 0.2) is 0 Å². The second-order valence-corrected chi connectivity index (χ2v) is 6.12. The lowest BCUT2D eigenvalue weighted by Crippen LogP contribution is -2.61. The summed E-state index contributed by atoms with van der Waals surface area (Å²) in [6.45, 7) is 9.24. The quantitative estimate of drug-likeness (QED) is 0.750. The number of hydrogen-bond acceptors (Lipinski definition) is 2. The molecule has 17 heavy (non-hydrogen) atoms. The molecule has 0 amide bonds. The molecule has 0 spiro atoms. The van der Waals surface area contributed by atoms with Crippen molar-refractivity contribution in [2.24, 2.45) is 11.8 Å². The highest BCUT2D eigenvalue weighted by Gasteiger charge is 2.39. The van der Waals surface area contributed by atoms with Crippen molar-refractivity contribution < 1.29 is 0 Å². The fourth-order valence-corrected chi connectivity index (χ4v) is 3.04. The van der Waals surface area contributed by atoms with E-state index >= 15 is 0 Å². The predicted octanol–water partition coefficient (Wildman–Crippen LogP) is 2.11. The second kappa shape index (κ2) is 5.42. The molecule has 1 heterocycles. The summed E-state index contributed by atoms with van der Waals surface area (Å²) in [6, 6.07) is 1.88. The molecule has 3 atom stereocenters. The van der Waals surface area contributed by atoms with Gasteiger partial charge in [0, 0.05) is 37.6 Å². The van der Waals surface area contributed by atoms with E-state index in [9.17, 15) is 0 Å². The lowest BCUT2D eigenvalue weighted by molar-refractivity contribution is 0.0591. The normalized spacial score (nSPS) is 32.4. The van der Waals surface area contributed by atoms with Gasteiger partial charge in [-0.3, -0.25) is 4.90 Å². The minimum atomic E-state index is 0.524. The molecule has 0 radical (unpaired) electrons. The zero-order valence-electron chi connectivity index (χ0n) is 11.4. The number of nitrogens with zero attached hydrogens (tertiary/aromatic N) is 1. The Morgan fingerprint density at radius 2 is 2.06 bits per heavy atom. The van der Waals surface area contributed by atoms with Gasteiger partial charge in [-0.25, -0.2) is 0 Å². The maximum absolute atomic E-state index is 5.47. The van der Waals surface area contributed by atoms with Crippen molar-refractivity contribution in [2.75, 3.05) is 13.1 Å². The van der Waals surface area contributed by atoms with Gasteiger partial charge in [0.1, 0.15) is 0 Å². The Labute approximate surface area is 106 Å². The summed E-state index contributed by atoms with van der Waals surface area (Å²) in [5.41, 5.74) is 0. The predicted molar refractivity (Wildman–Crippen MR) is 72.8 cm³/mol. The monoisotopic (exact) mass is 234 g/mol. The third-order valence-corrected chi connectivity index (χ3v) is 4.36. The number of terminal acetylenes is 1. The topological polar surface area (TPSA) is 15.3 Å². The van der Waals surface area contributed by atoms with Crippen LogP contribution in [0.15, 0.2) is 0 Å². The van der Waals surface area contributed by atoms with Crippen LogP contribution in [0.3, 0.4) is 0 Å². The fraction of sp³-hybridized carbons (Fsp3) is 0.867. The van der Waals surface area contributed by atoms with Gasteiger partial charge < -0.3 is 5.32 Å². The first-order valence-corrected chi connectivity index (χ1v) is 7.06. The average molecular weight is 234 g/mol. The lowest BCUT2D eigenvalue weighted by Gasteiger charge is -2.45. The maximum Gasteiger partial charge on any atom is 0.0247 e. The SMILES string of the molecule is C#CCC(C)N1CC(C2CC2)NCC1C(C)C. The van der Waals surface area contributed by atoms with Crippen LogP contribution in [0.25, 0.3) is 0 Å². The van der Waals surface area contributed by atoms with E-state index in [-0.39, 0.29) is 0 Å². The van der Waals surface area contributed by atoms with Crippen LogP contribution in [0, 0.1) is 24.2 Å². The van der Waals surface area contributed by atoms with E-state index in [1.165, 1.54) is 19.4 Å². The lowest BCUT2D eigenvalue weighted by atomic mass is 9.94. The summed E-state index contributed by atoms with van der Waals surface area (Å²) in [6.07, 6.45) is 9.18. The first-order chi connectivity index (χ1) is 8.13. The van der Waals surface area contributed by atoms with E-state index in [1.807, 2.05) is 0 Å². The fourth-order valence-electron chi connectivity index (χ4n) is 3.04. The van der Waals surface area contributed by atoms with Gasteiger partial charge in [-0.2, -0.15) is 0 Å². The zero-order valence-corrected chi connectivity index (χ0v) is 11.4. The largest absolute Gasteiger partial charge is 0.311 e. The van der Waals surface area contributed by atoms with Crippen molar-refractivity contribution in [3.05, 3.63) is 0 Å². The highest BCUT2D eigenvalue weighted by molar-refractivity contribution is 4.99. The molecule has 2 aliphatic rings. The molecular weight excluding hydrogens is 208 g/mol. The number of nitrogens with one attached hydrogen (secondary N) is 1. The molecule has 2 nitrogen and oxygen atoms in total. The Bertz CT molecular complexity index is 288. The summed E-state index contributed by atoms with van der Waals surface area (Å²) in [5, 5.41) is 3.75. The number of rotatable bonds is 4. The Morgan fingerprint density at radius 3 is 2.59 bits per heavy atom. The zero-order chi connectivity index (χ0) is 12.4. The van der Waals surface area contributed by atoms with Crippen LogP contribution in [0.4, 0.5) is 0 Å². The molecule has 0 aromatic rings. The Kier molecular flexibility index (Phi) is 4.12. The highest BCUT2D eigenvalue weighted by Crippen LogP contribution is 2.35. The summed E-state index contributed by atoms with van der Waals surface area (Å²) < 4.78 is 0. The van der Waals surface area contributed by atoms with Crippen molar-refractivity contribution in [3.8, 4) is 12.3 Å². The summed E-state index contributed by atoms with van der Waals surface area (Å²) >= 11 is 0. The summed E-state index contributed by atoms with van der Waals surface area (Å²) in [4.78, 5) is 2.66. The van der Waals surface area contributed by atoms with Gasteiger partial charge >= 0.3 is 0 Å². The smallest absolute Gasteiger partial charge is 0.0247 e. The molecule has 1 saturated carbocycles. The third-order valence-electron chi connectivity index (χ3n) is 4.36. The second-order valence-electron chi connectivity index (χ2n) is 6.12. The Hall–Kier alpha value is -0.520. The Morgan fingerprint density at radius 1 is 1.35 bits per heavy atom. The molecule has 3 unspecified atom stereocenters. The van der Waals surface area contributed by atoms with Gasteiger partial charge in [-0.15, -0.1) is 12.3 Å². The van der Waals surface area contributed by atoms with E-state index in [0.717, 1.165) is 18.9 Å². The van der Waals surface area contributed by atoms with Crippen LogP contribution in [-0.4, -0.2) is 36.1 Å². The van der Waals surface area contributed by atoms with Gasteiger partial charge in [-0.05, 0) is 31.6 Å². The molecule has 96 valence electrons. The maximum atomic E-state index is 5.47. The Balaban J connectivity index is 2.01. The van der Waals surface area contributed by atoms with Crippen LogP contribution in [0.2, 0.25) is 0 Å². The number of piperazine rings is 1. The molecule has 0 aromatic heterocycles. The van der Waals surface area contributed by atoms with Gasteiger partial charge in [0.25, 0.3) is 0 Å². The summed E-state index contributed by atoms with van der Waals surface area (Å²) in [5.74, 6) is 4.45. The van der Waals surface area contributed by atoms with Crippen LogP contribution in [-0.2, 0) is 0 Å². The van der Waals surface area contributed by atoms with E-state index in [1.54, 1.807) is 0 Å². The van der Waals surface area contributed by atoms with Crippen molar-refractivity contribution in [3.63, 3.8) is 0 Å². The van der Waals surface area contributed by atoms with Crippen LogP contribution in [0.5, 0.6) is 0 Å². The molecule has 2 rings (SSSR count). The minimum Gasteiger partial charge on any atom is -0.311 e. The summed E-state index contributed by atoms with van der Waals surface area (Å²) in [7, 11) is 0. The standard InChI is InChI=1S/C15H26N2/c1-5-6-12(4)17-10-14(13-7-8-13)16-9-15(17)11(2)3/h1,11-16H,6-10H2,2-4H3. The molecule has 1 aliphatic carbocycles. The molecule has 1 N–H and O–H groups in total. The molecular formula is C15H26N2.